The highest BCUT2D eigenvalue weighted by Crippen LogP contribution is 2.52. The molecule has 2 aliphatic carbocycles. The number of rotatable bonds is 6. The van der Waals surface area contributed by atoms with Crippen LogP contribution >= 0.6 is 11.6 Å². The van der Waals surface area contributed by atoms with E-state index in [9.17, 15) is 19.2 Å². The van der Waals surface area contributed by atoms with Gasteiger partial charge in [-0.1, -0.05) is 49.1 Å². The molecule has 4 saturated heterocycles. The number of amides is 3. The molecule has 3 amide bonds. The zero-order chi connectivity index (χ0) is 45.3. The number of fused-ring (bicyclic) bond motifs is 7. The van der Waals surface area contributed by atoms with Gasteiger partial charge in [-0.3, -0.25) is 23.7 Å². The van der Waals surface area contributed by atoms with Crippen LogP contribution in [0.25, 0.3) is 16.6 Å². The fraction of sp³-hybridized carbons (Fsp3) is 0.566. The normalized spacial score (nSPS) is 24.6. The molecule has 0 radical (unpaired) electrons. The first-order valence-corrected chi connectivity index (χ1v) is 25.4. The number of nitrogens with zero attached hydrogens (tertiary/aromatic N) is 6. The van der Waals surface area contributed by atoms with E-state index in [1.807, 2.05) is 17.0 Å². The van der Waals surface area contributed by atoms with Crippen molar-refractivity contribution in [1.29, 1.82) is 0 Å². The number of imide groups is 1. The molecule has 6 fully saturated rings. The number of hydrogen-bond acceptors (Lipinski definition) is 7. The summed E-state index contributed by atoms with van der Waals surface area (Å²) >= 11 is 6.62. The molecule has 2 saturated carbocycles. The van der Waals surface area contributed by atoms with Crippen molar-refractivity contribution in [3.05, 3.63) is 92.5 Å². The van der Waals surface area contributed by atoms with Crippen LogP contribution in [0.15, 0.2) is 53.3 Å². The lowest BCUT2D eigenvalue weighted by atomic mass is 9.69. The van der Waals surface area contributed by atoms with Crippen LogP contribution in [0.1, 0.15) is 138 Å². The molecule has 0 bridgehead atoms. The summed E-state index contributed by atoms with van der Waals surface area (Å²) in [6, 6.07) is 15.4. The van der Waals surface area contributed by atoms with E-state index in [4.69, 9.17) is 16.6 Å². The van der Waals surface area contributed by atoms with Crippen LogP contribution < -0.4 is 15.4 Å². The number of benzene rings is 3. The fourth-order valence-electron chi connectivity index (χ4n) is 13.5. The third-order valence-corrected chi connectivity index (χ3v) is 17.7. The van der Waals surface area contributed by atoms with Gasteiger partial charge in [0.05, 0.1) is 27.0 Å². The van der Waals surface area contributed by atoms with Gasteiger partial charge in [0.1, 0.15) is 11.5 Å². The maximum absolute atomic E-state index is 15.3. The molecule has 2 spiro atoms. The third-order valence-electron chi connectivity index (χ3n) is 17.4. The number of piperidine rings is 4. The summed E-state index contributed by atoms with van der Waals surface area (Å²) in [6.45, 7) is 6.10. The maximum atomic E-state index is 15.3. The van der Waals surface area contributed by atoms with E-state index >= 15 is 8.78 Å². The van der Waals surface area contributed by atoms with Crippen molar-refractivity contribution in [3.8, 4) is 5.69 Å². The Hall–Kier alpha value is -4.68. The number of halogens is 3. The number of likely N-dealkylation sites (tertiary alicyclic amines) is 2. The van der Waals surface area contributed by atoms with E-state index in [0.717, 1.165) is 134 Å². The molecule has 5 aliphatic heterocycles. The van der Waals surface area contributed by atoms with Gasteiger partial charge in [-0.05, 0) is 155 Å². The SMILES string of the molecule is O=C(C1CCC(CN2CCC(c3ccc4c(c3)-n3c(nc(=O)c5c(Cl)cccc53)C43CCCCC3)CC2)CC1)N1CCC2(CC1)CCN(c1cc(F)c(N3C(=O)CCCC3=O)c(F)c1)CC2. The highest BCUT2D eigenvalue weighted by Gasteiger charge is 2.47. The molecule has 11 rings (SSSR count). The summed E-state index contributed by atoms with van der Waals surface area (Å²) in [4.78, 5) is 64.3. The lowest BCUT2D eigenvalue weighted by molar-refractivity contribution is -0.139. The molecule has 0 N–H and O–H groups in total. The Morgan fingerprint density at radius 1 is 0.742 bits per heavy atom. The maximum Gasteiger partial charge on any atom is 0.282 e. The van der Waals surface area contributed by atoms with E-state index in [1.54, 1.807) is 6.07 Å². The lowest BCUT2D eigenvalue weighted by Crippen LogP contribution is -2.50. The van der Waals surface area contributed by atoms with Gasteiger partial charge in [0.25, 0.3) is 5.56 Å². The van der Waals surface area contributed by atoms with Gasteiger partial charge in [-0.2, -0.15) is 4.98 Å². The van der Waals surface area contributed by atoms with Crippen LogP contribution in [0.5, 0.6) is 0 Å². The minimum atomic E-state index is -0.887. The summed E-state index contributed by atoms with van der Waals surface area (Å²) in [5.41, 5.74) is 4.26. The van der Waals surface area contributed by atoms with Crippen LogP contribution in [-0.4, -0.2) is 82.9 Å². The largest absolute Gasteiger partial charge is 0.371 e. The fourth-order valence-corrected chi connectivity index (χ4v) is 13.8. The number of aromatic nitrogens is 2. The van der Waals surface area contributed by atoms with Crippen molar-refractivity contribution in [2.45, 2.75) is 127 Å². The molecule has 4 aromatic rings. The number of carbonyl (C=O) groups is 3. The van der Waals surface area contributed by atoms with Crippen LogP contribution in [0.3, 0.4) is 0 Å². The molecule has 3 aromatic carbocycles. The summed E-state index contributed by atoms with van der Waals surface area (Å²) in [5, 5.41) is 0.961. The highest BCUT2D eigenvalue weighted by molar-refractivity contribution is 6.35. The molecule has 7 aliphatic rings. The predicted octanol–water partition coefficient (Wildman–Crippen LogP) is 9.82. The van der Waals surface area contributed by atoms with E-state index in [1.165, 1.54) is 35.4 Å². The van der Waals surface area contributed by atoms with Gasteiger partial charge in [-0.15, -0.1) is 0 Å². The highest BCUT2D eigenvalue weighted by atomic mass is 35.5. The Labute approximate surface area is 390 Å². The van der Waals surface area contributed by atoms with E-state index in [0.29, 0.717) is 58.2 Å². The first kappa shape index (κ1) is 43.9. The summed E-state index contributed by atoms with van der Waals surface area (Å²) in [7, 11) is 0. The van der Waals surface area contributed by atoms with Gasteiger partial charge in [0, 0.05) is 57.2 Å². The van der Waals surface area contributed by atoms with Crippen molar-refractivity contribution in [2.75, 3.05) is 55.6 Å². The van der Waals surface area contributed by atoms with Crippen molar-refractivity contribution >= 4 is 51.6 Å². The second-order valence-corrected chi connectivity index (χ2v) is 21.4. The predicted molar refractivity (Wildman–Crippen MR) is 252 cm³/mol. The average molecular weight is 920 g/mol. The number of hydrogen-bond donors (Lipinski definition) is 0. The zero-order valence-electron chi connectivity index (χ0n) is 38.0. The molecule has 0 unspecified atom stereocenters. The molecular formula is C53H61ClF2N6O4. The Morgan fingerprint density at radius 3 is 2.09 bits per heavy atom. The molecular weight excluding hydrogens is 858 g/mol. The topological polar surface area (TPSA) is 99.1 Å². The summed E-state index contributed by atoms with van der Waals surface area (Å²) < 4.78 is 32.9. The molecule has 66 heavy (non-hydrogen) atoms. The van der Waals surface area contributed by atoms with Crippen molar-refractivity contribution < 1.29 is 23.2 Å². The molecule has 13 heteroatoms. The monoisotopic (exact) mass is 918 g/mol. The molecule has 10 nitrogen and oxygen atoms in total. The van der Waals surface area contributed by atoms with Crippen LogP contribution in [-0.2, 0) is 19.8 Å². The standard InChI is InChI=1S/C53H61ClF2N6O4/c54-40-6-4-7-43-47(40)49(65)57-51-53(18-2-1-3-19-53)39-15-14-37(30-44(39)61(43)51)35-16-24-58(25-17-35)33-34-10-12-36(13-11-34)50(66)60-28-22-52(23-29-60)20-26-59(27-21-52)38-31-41(55)48(42(56)32-38)62-45(63)8-5-9-46(62)64/h4,6-7,14-15,30-32,34-36H,1-3,5,8-13,16-29,33H2. The van der Waals surface area contributed by atoms with E-state index in [-0.39, 0.29) is 35.1 Å². The summed E-state index contributed by atoms with van der Waals surface area (Å²) in [6.07, 6.45) is 16.1. The second kappa shape index (κ2) is 17.4. The zero-order valence-corrected chi connectivity index (χ0v) is 38.7. The van der Waals surface area contributed by atoms with Crippen molar-refractivity contribution in [1.82, 2.24) is 19.4 Å². The smallest absolute Gasteiger partial charge is 0.282 e. The van der Waals surface area contributed by atoms with Gasteiger partial charge in [-0.25, -0.2) is 13.7 Å². The van der Waals surface area contributed by atoms with Gasteiger partial charge >= 0.3 is 0 Å². The summed E-state index contributed by atoms with van der Waals surface area (Å²) in [5.74, 6) is -0.491. The Morgan fingerprint density at radius 2 is 1.41 bits per heavy atom. The Bertz CT molecular complexity index is 2590. The van der Waals surface area contributed by atoms with Crippen LogP contribution in [0.2, 0.25) is 5.02 Å². The Kier molecular flexibility index (Phi) is 11.6. The van der Waals surface area contributed by atoms with Gasteiger partial charge < -0.3 is 14.7 Å². The first-order valence-electron chi connectivity index (χ1n) is 25.0. The van der Waals surface area contributed by atoms with Crippen molar-refractivity contribution in [3.63, 3.8) is 0 Å². The number of anilines is 2. The minimum Gasteiger partial charge on any atom is -0.371 e. The van der Waals surface area contributed by atoms with E-state index < -0.39 is 29.1 Å². The minimum absolute atomic E-state index is 0.0997. The van der Waals surface area contributed by atoms with Crippen molar-refractivity contribution in [2.24, 2.45) is 17.3 Å². The molecule has 0 atom stereocenters. The number of carbonyl (C=O) groups excluding carboxylic acids is 3. The van der Waals surface area contributed by atoms with Crippen LogP contribution in [0, 0.1) is 28.9 Å². The van der Waals surface area contributed by atoms with Crippen LogP contribution in [0.4, 0.5) is 20.2 Å². The molecule has 1 aromatic heterocycles. The van der Waals surface area contributed by atoms with Gasteiger partial charge in [0.2, 0.25) is 17.7 Å². The first-order chi connectivity index (χ1) is 32.0. The van der Waals surface area contributed by atoms with E-state index in [2.05, 4.69) is 32.6 Å². The molecule has 6 heterocycles. The second-order valence-electron chi connectivity index (χ2n) is 21.0. The Balaban J connectivity index is 0.656. The lowest BCUT2D eigenvalue weighted by Gasteiger charge is -2.48. The average Bonchev–Trinajstić information content (AvgIpc) is 3.58. The molecule has 348 valence electrons. The third kappa shape index (κ3) is 7.66. The van der Waals surface area contributed by atoms with Gasteiger partial charge in [0.15, 0.2) is 11.6 Å². The quantitative estimate of drug-likeness (QED) is 0.178.